The number of thiazole rings is 1. The van der Waals surface area contributed by atoms with Gasteiger partial charge in [0.05, 0.1) is 23.9 Å². The van der Waals surface area contributed by atoms with Crippen LogP contribution in [-0.2, 0) is 11.2 Å². The van der Waals surface area contributed by atoms with Crippen molar-refractivity contribution >= 4 is 34.0 Å². The molecule has 9 heteroatoms. The lowest BCUT2D eigenvalue weighted by Gasteiger charge is -2.16. The molecule has 2 amide bonds. The molecule has 0 unspecified atom stereocenters. The van der Waals surface area contributed by atoms with Crippen LogP contribution in [0.1, 0.15) is 35.7 Å². The number of carbonyl (C=O) groups is 2. The molecule has 29 heavy (non-hydrogen) atoms. The van der Waals surface area contributed by atoms with Gasteiger partial charge in [-0.2, -0.15) is 0 Å². The molecule has 0 atom stereocenters. The summed E-state index contributed by atoms with van der Waals surface area (Å²) in [6, 6.07) is 6.83. The smallest absolute Gasteiger partial charge is 0.260 e. The van der Waals surface area contributed by atoms with Gasteiger partial charge in [-0.15, -0.1) is 11.3 Å². The Hall–Kier alpha value is -3.33. The number of nitrogens with one attached hydrogen (secondary N) is 2. The van der Waals surface area contributed by atoms with Gasteiger partial charge in [0.25, 0.3) is 5.91 Å². The Morgan fingerprint density at radius 3 is 2.69 bits per heavy atom. The quantitative estimate of drug-likeness (QED) is 0.656. The minimum Gasteiger partial charge on any atom is -0.469 e. The summed E-state index contributed by atoms with van der Waals surface area (Å²) in [4.78, 5) is 28.9. The molecule has 0 saturated heterocycles. The third-order valence-electron chi connectivity index (χ3n) is 4.16. The predicted molar refractivity (Wildman–Crippen MR) is 108 cm³/mol. The van der Waals surface area contributed by atoms with Gasteiger partial charge >= 0.3 is 0 Å². The number of furan rings is 1. The van der Waals surface area contributed by atoms with Gasteiger partial charge in [-0.05, 0) is 25.1 Å². The Kier molecular flexibility index (Phi) is 4.75. The lowest BCUT2D eigenvalue weighted by atomic mass is 10.2. The predicted octanol–water partition coefficient (Wildman–Crippen LogP) is 3.99. The first-order valence-electron chi connectivity index (χ1n) is 8.91. The van der Waals surface area contributed by atoms with Crippen molar-refractivity contribution in [2.24, 2.45) is 0 Å². The number of benzene rings is 1. The summed E-state index contributed by atoms with van der Waals surface area (Å²) in [7, 11) is 0. The molecule has 1 aliphatic rings. The maximum atomic E-state index is 12.4. The lowest BCUT2D eigenvalue weighted by molar-refractivity contribution is -0.115. The highest BCUT2D eigenvalue weighted by Crippen LogP contribution is 2.40. The van der Waals surface area contributed by atoms with E-state index in [0.29, 0.717) is 39.3 Å². The molecule has 2 N–H and O–H groups in total. The van der Waals surface area contributed by atoms with Crippen LogP contribution in [0.3, 0.4) is 0 Å². The Bertz CT molecular complexity index is 1090. The van der Waals surface area contributed by atoms with E-state index < -0.39 is 5.79 Å². The molecule has 0 aliphatic carbocycles. The number of amides is 2. The minimum absolute atomic E-state index is 0.0804. The zero-order valence-electron chi connectivity index (χ0n) is 16.1. The first-order chi connectivity index (χ1) is 13.8. The van der Waals surface area contributed by atoms with E-state index in [-0.39, 0.29) is 18.2 Å². The lowest BCUT2D eigenvalue weighted by Crippen LogP contribution is -2.29. The van der Waals surface area contributed by atoms with Crippen molar-refractivity contribution in [3.63, 3.8) is 0 Å². The van der Waals surface area contributed by atoms with Crippen LogP contribution >= 0.6 is 11.3 Å². The topological polar surface area (TPSA) is 103 Å². The van der Waals surface area contributed by atoms with E-state index >= 15 is 0 Å². The highest BCUT2D eigenvalue weighted by Gasteiger charge is 2.31. The molecule has 3 heterocycles. The fourth-order valence-corrected chi connectivity index (χ4v) is 3.61. The van der Waals surface area contributed by atoms with E-state index in [1.54, 1.807) is 36.6 Å². The molecule has 0 saturated carbocycles. The molecule has 0 bridgehead atoms. The van der Waals surface area contributed by atoms with Crippen LogP contribution in [0.2, 0.25) is 0 Å². The molecule has 4 rings (SSSR count). The molecule has 0 fully saturated rings. The zero-order valence-corrected chi connectivity index (χ0v) is 16.9. The second kappa shape index (κ2) is 7.25. The van der Waals surface area contributed by atoms with Gasteiger partial charge in [0.15, 0.2) is 16.6 Å². The largest absolute Gasteiger partial charge is 0.469 e. The summed E-state index contributed by atoms with van der Waals surface area (Å²) in [5, 5.41) is 7.68. The Labute approximate surface area is 170 Å². The van der Waals surface area contributed by atoms with Gasteiger partial charge in [0.1, 0.15) is 5.76 Å². The van der Waals surface area contributed by atoms with Crippen LogP contribution in [0, 0.1) is 6.92 Å². The third-order valence-corrected chi connectivity index (χ3v) is 4.96. The van der Waals surface area contributed by atoms with Crippen LogP contribution in [0.5, 0.6) is 11.5 Å². The van der Waals surface area contributed by atoms with Gasteiger partial charge in [-0.1, -0.05) is 0 Å². The molecule has 2 aromatic heterocycles. The molecular formula is C20H19N3O5S. The monoisotopic (exact) mass is 413 g/mol. The van der Waals surface area contributed by atoms with Gasteiger partial charge in [0, 0.05) is 31.0 Å². The summed E-state index contributed by atoms with van der Waals surface area (Å²) in [6.45, 7) is 5.35. The maximum Gasteiger partial charge on any atom is 0.260 e. The van der Waals surface area contributed by atoms with Crippen molar-refractivity contribution in [2.45, 2.75) is 33.0 Å². The van der Waals surface area contributed by atoms with Gasteiger partial charge in [-0.25, -0.2) is 4.98 Å². The van der Waals surface area contributed by atoms with E-state index in [4.69, 9.17) is 13.9 Å². The third kappa shape index (κ3) is 4.24. The number of hydrogen-bond donors (Lipinski definition) is 2. The normalized spacial score (nSPS) is 13.9. The number of ether oxygens (including phenoxy) is 2. The molecule has 8 nitrogen and oxygen atoms in total. The molecule has 0 radical (unpaired) electrons. The Morgan fingerprint density at radius 2 is 1.93 bits per heavy atom. The van der Waals surface area contributed by atoms with Crippen molar-refractivity contribution in [3.05, 3.63) is 52.9 Å². The number of aromatic nitrogens is 1. The molecule has 0 spiro atoms. The number of anilines is 2. The number of nitrogens with zero attached hydrogens (tertiary/aromatic N) is 1. The molecule has 3 aromatic rings. The van der Waals surface area contributed by atoms with Gasteiger partial charge in [0.2, 0.25) is 11.7 Å². The van der Waals surface area contributed by atoms with E-state index in [1.807, 2.05) is 13.8 Å². The summed E-state index contributed by atoms with van der Waals surface area (Å²) >= 11 is 1.26. The van der Waals surface area contributed by atoms with Crippen molar-refractivity contribution in [1.82, 2.24) is 4.98 Å². The van der Waals surface area contributed by atoms with Crippen LogP contribution in [0.4, 0.5) is 10.8 Å². The van der Waals surface area contributed by atoms with Crippen molar-refractivity contribution < 1.29 is 23.5 Å². The standard InChI is InChI=1S/C20H19N3O5S/c1-11-14(6-7-26-11)18(25)23-19-22-13(10-29-19)9-17(24)21-12-4-5-15-16(8-12)28-20(2,3)27-15/h4-8,10H,9H2,1-3H3,(H,21,24)(H,22,23,25). The van der Waals surface area contributed by atoms with Crippen LogP contribution < -0.4 is 20.1 Å². The number of hydrogen-bond acceptors (Lipinski definition) is 7. The molecule has 1 aromatic carbocycles. The first kappa shape index (κ1) is 19.0. The molecule has 1 aliphatic heterocycles. The average Bonchev–Trinajstić information content (AvgIpc) is 3.32. The van der Waals surface area contributed by atoms with Gasteiger partial charge in [-0.3, -0.25) is 14.9 Å². The number of carbonyl (C=O) groups excluding carboxylic acids is 2. The highest BCUT2D eigenvalue weighted by molar-refractivity contribution is 7.14. The Morgan fingerprint density at radius 1 is 1.14 bits per heavy atom. The van der Waals surface area contributed by atoms with Gasteiger partial charge < -0.3 is 19.2 Å². The second-order valence-corrected chi connectivity index (χ2v) is 7.84. The fourth-order valence-electron chi connectivity index (χ4n) is 2.90. The van der Waals surface area contributed by atoms with E-state index in [9.17, 15) is 9.59 Å². The number of rotatable bonds is 5. The fraction of sp³-hybridized carbons (Fsp3) is 0.250. The second-order valence-electron chi connectivity index (χ2n) is 6.98. The maximum absolute atomic E-state index is 12.4. The van der Waals surface area contributed by atoms with Crippen molar-refractivity contribution in [1.29, 1.82) is 0 Å². The van der Waals surface area contributed by atoms with E-state index in [0.717, 1.165) is 0 Å². The summed E-state index contributed by atoms with van der Waals surface area (Å²) in [6.07, 6.45) is 1.54. The minimum atomic E-state index is -0.721. The van der Waals surface area contributed by atoms with Crippen LogP contribution in [0.25, 0.3) is 0 Å². The summed E-state index contributed by atoms with van der Waals surface area (Å²) in [5.41, 5.74) is 1.62. The van der Waals surface area contributed by atoms with Crippen molar-refractivity contribution in [2.75, 3.05) is 10.6 Å². The molecule has 150 valence electrons. The first-order valence-corrected chi connectivity index (χ1v) is 9.79. The van der Waals surface area contributed by atoms with E-state index in [2.05, 4.69) is 15.6 Å². The SMILES string of the molecule is Cc1occc1C(=O)Nc1nc(CC(=O)Nc2ccc3c(c2)OC(C)(C)O3)cs1. The van der Waals surface area contributed by atoms with Crippen LogP contribution in [-0.4, -0.2) is 22.6 Å². The zero-order chi connectivity index (χ0) is 20.6. The summed E-state index contributed by atoms with van der Waals surface area (Å²) < 4.78 is 16.4. The highest BCUT2D eigenvalue weighted by atomic mass is 32.1. The number of aryl methyl sites for hydroxylation is 1. The summed E-state index contributed by atoms with van der Waals surface area (Å²) in [5.74, 6) is 0.510. The van der Waals surface area contributed by atoms with E-state index in [1.165, 1.54) is 17.6 Å². The average molecular weight is 413 g/mol. The number of fused-ring (bicyclic) bond motifs is 1. The molecular weight excluding hydrogens is 394 g/mol. The Balaban J connectivity index is 1.35. The van der Waals surface area contributed by atoms with Crippen LogP contribution in [0.15, 0.2) is 40.3 Å². The van der Waals surface area contributed by atoms with Crippen molar-refractivity contribution in [3.8, 4) is 11.5 Å².